The van der Waals surface area contributed by atoms with Gasteiger partial charge in [0.05, 0.1) is 37.6 Å². The Bertz CT molecular complexity index is 1820. The van der Waals surface area contributed by atoms with Crippen LogP contribution < -0.4 is 0 Å². The molecule has 5 heterocycles. The molecule has 10 aliphatic rings. The van der Waals surface area contributed by atoms with E-state index in [4.69, 9.17) is 37.9 Å². The van der Waals surface area contributed by atoms with Crippen LogP contribution in [0.5, 0.6) is 0 Å². The molecule has 5 aliphatic heterocycles. The summed E-state index contributed by atoms with van der Waals surface area (Å²) in [4.78, 5) is 0. The van der Waals surface area contributed by atoms with Crippen LogP contribution in [0.25, 0.3) is 0 Å². The fourth-order valence-electron chi connectivity index (χ4n) is 16.9. The molecule has 10 fully saturated rings. The first-order chi connectivity index (χ1) is 30.9. The molecule has 2 unspecified atom stereocenters. The van der Waals surface area contributed by atoms with Gasteiger partial charge in [0.2, 0.25) is 5.79 Å². The van der Waals surface area contributed by atoms with Crippen molar-refractivity contribution >= 4 is 0 Å². The van der Waals surface area contributed by atoms with Crippen LogP contribution in [-0.4, -0.2) is 198 Å². The van der Waals surface area contributed by atoms with E-state index in [9.17, 15) is 56.2 Å². The Morgan fingerprint density at radius 3 is 1.89 bits per heavy atom. The van der Waals surface area contributed by atoms with E-state index in [1.165, 1.54) is 0 Å². The van der Waals surface area contributed by atoms with Gasteiger partial charge in [-0.25, -0.2) is 0 Å². The zero-order chi connectivity index (χ0) is 47.6. The zero-order valence-corrected chi connectivity index (χ0v) is 39.2. The average molecular weight is 945 g/mol. The lowest BCUT2D eigenvalue weighted by Crippen LogP contribution is -2.66. The summed E-state index contributed by atoms with van der Waals surface area (Å²) in [7, 11) is 0. The van der Waals surface area contributed by atoms with Gasteiger partial charge in [-0.15, -0.1) is 0 Å². The highest BCUT2D eigenvalue weighted by Crippen LogP contribution is 2.89. The summed E-state index contributed by atoms with van der Waals surface area (Å²) in [6.07, 6.45) is -17.4. The van der Waals surface area contributed by atoms with E-state index in [-0.39, 0.29) is 63.6 Å². The second-order valence-electron chi connectivity index (χ2n) is 23.9. The summed E-state index contributed by atoms with van der Waals surface area (Å²) in [6.45, 7) is 13.4. The fraction of sp³-hybridized carbons (Fsp3) is 1.00. The number of hydrogen-bond donors (Lipinski definition) is 11. The molecule has 19 heteroatoms. The minimum Gasteiger partial charge on any atom is -0.394 e. The predicted molar refractivity (Wildman–Crippen MR) is 224 cm³/mol. The van der Waals surface area contributed by atoms with E-state index in [0.717, 1.165) is 44.9 Å². The Balaban J connectivity index is 0.868. The van der Waals surface area contributed by atoms with Crippen molar-refractivity contribution in [3.8, 4) is 0 Å². The van der Waals surface area contributed by atoms with Crippen LogP contribution in [0.1, 0.15) is 99.8 Å². The van der Waals surface area contributed by atoms with Gasteiger partial charge >= 0.3 is 0 Å². The monoisotopic (exact) mass is 944 g/mol. The summed E-state index contributed by atoms with van der Waals surface area (Å²) in [6, 6.07) is 0. The van der Waals surface area contributed by atoms with Crippen LogP contribution in [0.3, 0.4) is 0 Å². The number of rotatable bonds is 8. The molecule has 27 atom stereocenters. The first-order valence-corrected chi connectivity index (χ1v) is 24.5. The lowest BCUT2D eigenvalue weighted by Gasteiger charge is -2.63. The zero-order valence-electron chi connectivity index (χ0n) is 39.2. The third kappa shape index (κ3) is 6.56. The summed E-state index contributed by atoms with van der Waals surface area (Å²) in [5, 5.41) is 119. The highest BCUT2D eigenvalue weighted by atomic mass is 16.8. The molecule has 19 nitrogen and oxygen atoms in total. The highest BCUT2D eigenvalue weighted by Gasteiger charge is 2.84. The molecule has 0 aromatic heterocycles. The number of aliphatic hydroxyl groups excluding tert-OH is 10. The standard InChI is InChI=1S/C47H76O19/c1-19-27-21(65-47(58)36(19)66-42(4,5)40(47)57)14-44(7)25-9-8-24-41(2,3)26(10-11-45(24)18-46(25,45)13-12-43(27,44)6)62-38-34(28(51)20(50)17-59-38)64-39-35(32(55)30(53)23(16-49)61-39)63-37-33(56)31(54)29(52)22(15-48)60-37/h19-40,48-58H,8-18H2,1-7H3/t19-,20+,21-,22+,23+,24?,25-,26-,27?,28-,29+,30+,31-,32-,33+,34+,35+,36+,37-,38-,39-,40+,43+,44-,45+,46-,47-/m0/s1. The van der Waals surface area contributed by atoms with Gasteiger partial charge in [0, 0.05) is 0 Å². The Hall–Kier alpha value is -0.760. The Morgan fingerprint density at radius 2 is 1.21 bits per heavy atom. The van der Waals surface area contributed by atoms with Crippen LogP contribution in [0.4, 0.5) is 0 Å². The molecule has 378 valence electrons. The number of fused-ring (bicyclic) bond motifs is 5. The maximum absolute atomic E-state index is 11.9. The van der Waals surface area contributed by atoms with Crippen LogP contribution in [0.2, 0.25) is 0 Å². The molecule has 0 bridgehead atoms. The third-order valence-corrected chi connectivity index (χ3v) is 20.3. The molecule has 5 aliphatic carbocycles. The molecule has 0 aromatic carbocycles. The molecule has 0 aromatic rings. The highest BCUT2D eigenvalue weighted by molar-refractivity contribution is 5.32. The average Bonchev–Trinajstić information content (AvgIpc) is 3.81. The van der Waals surface area contributed by atoms with Crippen molar-refractivity contribution in [2.45, 2.75) is 222 Å². The van der Waals surface area contributed by atoms with Gasteiger partial charge in [0.1, 0.15) is 79.4 Å². The van der Waals surface area contributed by atoms with Crippen LogP contribution in [0, 0.1) is 50.7 Å². The van der Waals surface area contributed by atoms with Gasteiger partial charge in [0.15, 0.2) is 18.9 Å². The van der Waals surface area contributed by atoms with E-state index < -0.39 is 123 Å². The molecular weight excluding hydrogens is 868 g/mol. The van der Waals surface area contributed by atoms with Crippen LogP contribution in [-0.2, 0) is 37.9 Å². The minimum absolute atomic E-state index is 0.0187. The molecule has 5 saturated heterocycles. The van der Waals surface area contributed by atoms with Gasteiger partial charge in [-0.05, 0) is 116 Å². The van der Waals surface area contributed by atoms with Crippen molar-refractivity contribution in [2.75, 3.05) is 19.8 Å². The van der Waals surface area contributed by atoms with Crippen molar-refractivity contribution < 1.29 is 94.1 Å². The van der Waals surface area contributed by atoms with Crippen molar-refractivity contribution in [2.24, 2.45) is 50.7 Å². The molecule has 10 rings (SSSR count). The molecule has 5 saturated carbocycles. The maximum atomic E-state index is 11.9. The van der Waals surface area contributed by atoms with E-state index >= 15 is 0 Å². The third-order valence-electron chi connectivity index (χ3n) is 20.3. The quantitative estimate of drug-likeness (QED) is 0.127. The molecule has 11 N–H and O–H groups in total. The van der Waals surface area contributed by atoms with Gasteiger partial charge < -0.3 is 94.1 Å². The summed E-state index contributed by atoms with van der Waals surface area (Å²) in [5.74, 6) is -0.893. The lowest BCUT2D eigenvalue weighted by molar-refractivity contribution is -0.392. The van der Waals surface area contributed by atoms with E-state index in [0.29, 0.717) is 12.3 Å². The smallest absolute Gasteiger partial charge is 0.222 e. The van der Waals surface area contributed by atoms with Gasteiger partial charge in [-0.2, -0.15) is 0 Å². The van der Waals surface area contributed by atoms with Crippen LogP contribution >= 0.6 is 0 Å². The van der Waals surface area contributed by atoms with E-state index in [1.807, 2.05) is 13.8 Å². The topological polar surface area (TPSA) is 296 Å². The SMILES string of the molecule is C[C@H]1C2[C@H](C[C@@]3(C)[C@@H]4CCC5C(C)(C)[C@@H](O[C@@H]6OC[C@@H](O)[C@H](O)[C@H]6O[C@@H]6O[C@H](CO)[C@@H](O)[C@H](O)[C@H]6O[C@@H]6O[C@H](CO)[C@@H](O)[C@H](O)[C@H]6O)CC[C@@]56C[C@@]46CC[C@]23C)O[C@@]2(O)[C@@H]1OC(C)(C)[C@H]2O. The Labute approximate surface area is 385 Å². The van der Waals surface area contributed by atoms with Gasteiger partial charge in [-0.3, -0.25) is 0 Å². The summed E-state index contributed by atoms with van der Waals surface area (Å²) in [5.41, 5.74) is -1.24. The minimum atomic E-state index is -1.88. The second kappa shape index (κ2) is 16.1. The Morgan fingerprint density at radius 1 is 0.606 bits per heavy atom. The lowest BCUT2D eigenvalue weighted by atomic mass is 9.41. The second-order valence-corrected chi connectivity index (χ2v) is 23.9. The van der Waals surface area contributed by atoms with Crippen molar-refractivity contribution in [1.82, 2.24) is 0 Å². The van der Waals surface area contributed by atoms with Crippen LogP contribution in [0.15, 0.2) is 0 Å². The number of aliphatic hydroxyl groups is 11. The summed E-state index contributed by atoms with van der Waals surface area (Å²) < 4.78 is 49.6. The molecular formula is C47H76O19. The van der Waals surface area contributed by atoms with Crippen molar-refractivity contribution in [3.63, 3.8) is 0 Å². The summed E-state index contributed by atoms with van der Waals surface area (Å²) >= 11 is 0. The maximum Gasteiger partial charge on any atom is 0.222 e. The molecule has 2 spiro atoms. The normalized spacial score (nSPS) is 60.3. The van der Waals surface area contributed by atoms with Gasteiger partial charge in [0.25, 0.3) is 0 Å². The van der Waals surface area contributed by atoms with Gasteiger partial charge in [-0.1, -0.05) is 34.6 Å². The molecule has 0 radical (unpaired) electrons. The van der Waals surface area contributed by atoms with Crippen molar-refractivity contribution in [1.29, 1.82) is 0 Å². The van der Waals surface area contributed by atoms with E-state index in [1.54, 1.807) is 0 Å². The predicted octanol–water partition coefficient (Wildman–Crippen LogP) is -1.23. The number of ether oxygens (including phenoxy) is 8. The first-order valence-electron chi connectivity index (χ1n) is 24.5. The fourth-order valence-corrected chi connectivity index (χ4v) is 16.9. The number of hydrogen-bond acceptors (Lipinski definition) is 19. The van der Waals surface area contributed by atoms with E-state index in [2.05, 4.69) is 34.6 Å². The first kappa shape index (κ1) is 48.8. The largest absolute Gasteiger partial charge is 0.394 e. The Kier molecular flexibility index (Phi) is 11.9. The molecule has 66 heavy (non-hydrogen) atoms. The van der Waals surface area contributed by atoms with Crippen molar-refractivity contribution in [3.05, 3.63) is 0 Å². The molecule has 0 amide bonds.